The SMILES string of the molecule is Cc1ccc(SCC(=O)N2CCN(c3ncc(C(F)(F)F)cc3Cl)CC2)cc1. The maximum atomic E-state index is 12.7. The van der Waals surface area contributed by atoms with Gasteiger partial charge in [0.15, 0.2) is 0 Å². The zero-order valence-corrected chi connectivity index (χ0v) is 16.7. The molecule has 9 heteroatoms. The number of hydrogen-bond donors (Lipinski definition) is 0. The highest BCUT2D eigenvalue weighted by atomic mass is 35.5. The smallest absolute Gasteiger partial charge is 0.352 e. The Hall–Kier alpha value is -1.93. The molecule has 1 aromatic heterocycles. The van der Waals surface area contributed by atoms with Crippen LogP contribution >= 0.6 is 23.4 Å². The van der Waals surface area contributed by atoms with Crippen LogP contribution in [-0.2, 0) is 11.0 Å². The average molecular weight is 430 g/mol. The number of aromatic nitrogens is 1. The first-order valence-electron chi connectivity index (χ1n) is 8.69. The minimum absolute atomic E-state index is 0.0375. The van der Waals surface area contributed by atoms with E-state index in [1.807, 2.05) is 31.2 Å². The van der Waals surface area contributed by atoms with Crippen LogP contribution in [0.4, 0.5) is 19.0 Å². The summed E-state index contributed by atoms with van der Waals surface area (Å²) in [6.07, 6.45) is -3.69. The van der Waals surface area contributed by atoms with Crippen LogP contribution < -0.4 is 4.90 Å². The third kappa shape index (κ3) is 5.11. The zero-order valence-electron chi connectivity index (χ0n) is 15.2. The van der Waals surface area contributed by atoms with Crippen molar-refractivity contribution >= 4 is 35.1 Å². The maximum Gasteiger partial charge on any atom is 0.417 e. The number of anilines is 1. The Balaban J connectivity index is 1.54. The van der Waals surface area contributed by atoms with Crippen LogP contribution in [0.3, 0.4) is 0 Å². The molecule has 150 valence electrons. The summed E-state index contributed by atoms with van der Waals surface area (Å²) < 4.78 is 38.2. The Bertz CT molecular complexity index is 837. The third-order valence-corrected chi connectivity index (χ3v) is 5.74. The topological polar surface area (TPSA) is 36.4 Å². The van der Waals surface area contributed by atoms with Crippen molar-refractivity contribution < 1.29 is 18.0 Å². The van der Waals surface area contributed by atoms with Gasteiger partial charge in [0.1, 0.15) is 5.82 Å². The summed E-state index contributed by atoms with van der Waals surface area (Å²) in [6.45, 7) is 3.91. The van der Waals surface area contributed by atoms with E-state index < -0.39 is 11.7 Å². The van der Waals surface area contributed by atoms with Crippen LogP contribution in [-0.4, -0.2) is 47.7 Å². The van der Waals surface area contributed by atoms with Crippen LogP contribution in [0.15, 0.2) is 41.4 Å². The highest BCUT2D eigenvalue weighted by Gasteiger charge is 2.32. The van der Waals surface area contributed by atoms with Crippen molar-refractivity contribution in [1.29, 1.82) is 0 Å². The largest absolute Gasteiger partial charge is 0.417 e. The lowest BCUT2D eigenvalue weighted by Gasteiger charge is -2.35. The van der Waals surface area contributed by atoms with Gasteiger partial charge in [-0.3, -0.25) is 4.79 Å². The molecule has 1 aliphatic heterocycles. The molecule has 0 radical (unpaired) electrons. The molecule has 0 spiro atoms. The lowest BCUT2D eigenvalue weighted by Crippen LogP contribution is -2.49. The highest BCUT2D eigenvalue weighted by molar-refractivity contribution is 8.00. The fraction of sp³-hybridized carbons (Fsp3) is 0.368. The molecule has 0 saturated carbocycles. The molecule has 0 atom stereocenters. The fourth-order valence-corrected chi connectivity index (χ4v) is 3.94. The number of thioether (sulfide) groups is 1. The van der Waals surface area contributed by atoms with E-state index in [-0.39, 0.29) is 10.9 Å². The Morgan fingerprint density at radius 3 is 2.39 bits per heavy atom. The number of benzene rings is 1. The number of amides is 1. The van der Waals surface area contributed by atoms with Crippen LogP contribution in [0.1, 0.15) is 11.1 Å². The van der Waals surface area contributed by atoms with Gasteiger partial charge in [0.2, 0.25) is 5.91 Å². The number of rotatable bonds is 4. The molecule has 0 bridgehead atoms. The first-order valence-corrected chi connectivity index (χ1v) is 10.1. The molecule has 0 N–H and O–H groups in total. The van der Waals surface area contributed by atoms with E-state index >= 15 is 0 Å². The molecule has 0 unspecified atom stereocenters. The summed E-state index contributed by atoms with van der Waals surface area (Å²) in [7, 11) is 0. The Morgan fingerprint density at radius 1 is 1.18 bits per heavy atom. The number of pyridine rings is 1. The van der Waals surface area contributed by atoms with Gasteiger partial charge >= 0.3 is 6.18 Å². The summed E-state index contributed by atoms with van der Waals surface area (Å²) >= 11 is 7.50. The molecular weight excluding hydrogens is 411 g/mol. The van der Waals surface area contributed by atoms with E-state index in [1.165, 1.54) is 17.3 Å². The lowest BCUT2D eigenvalue weighted by atomic mass is 10.2. The van der Waals surface area contributed by atoms with Crippen molar-refractivity contribution in [3.8, 4) is 0 Å². The number of nitrogens with zero attached hydrogens (tertiary/aromatic N) is 3. The molecule has 1 aromatic carbocycles. The number of piperazine rings is 1. The van der Waals surface area contributed by atoms with Crippen molar-refractivity contribution in [2.75, 3.05) is 36.8 Å². The van der Waals surface area contributed by atoms with Crippen molar-refractivity contribution in [2.24, 2.45) is 0 Å². The van der Waals surface area contributed by atoms with Gasteiger partial charge in [-0.15, -0.1) is 11.8 Å². The second-order valence-electron chi connectivity index (χ2n) is 6.50. The molecule has 1 aliphatic rings. The standard InChI is InChI=1S/C19H19ClF3N3OS/c1-13-2-4-15(5-3-13)28-12-17(27)25-6-8-26(9-7-25)18-16(20)10-14(11-24-18)19(21,22)23/h2-5,10-11H,6-9,12H2,1H3. The number of carbonyl (C=O) groups is 1. The zero-order chi connectivity index (χ0) is 20.3. The molecule has 0 aliphatic carbocycles. The second kappa shape index (κ2) is 8.61. The number of carbonyl (C=O) groups excluding carboxylic acids is 1. The second-order valence-corrected chi connectivity index (χ2v) is 7.95. The van der Waals surface area contributed by atoms with Crippen molar-refractivity contribution in [2.45, 2.75) is 18.0 Å². The molecule has 2 aromatic rings. The Kier molecular flexibility index (Phi) is 6.40. The van der Waals surface area contributed by atoms with Crippen molar-refractivity contribution in [3.05, 3.63) is 52.7 Å². The molecule has 2 heterocycles. The predicted octanol–water partition coefficient (Wildman–Crippen LogP) is 4.50. The molecule has 1 saturated heterocycles. The van der Waals surface area contributed by atoms with Gasteiger partial charge in [0, 0.05) is 37.3 Å². The summed E-state index contributed by atoms with van der Waals surface area (Å²) in [5, 5.41) is -0.0375. The van der Waals surface area contributed by atoms with Gasteiger partial charge in [-0.1, -0.05) is 29.3 Å². The molecule has 1 fully saturated rings. The number of aryl methyl sites for hydroxylation is 1. The molecule has 4 nitrogen and oxygen atoms in total. The van der Waals surface area contributed by atoms with Gasteiger partial charge in [0.25, 0.3) is 0 Å². The van der Waals surface area contributed by atoms with E-state index in [0.29, 0.717) is 37.7 Å². The molecular formula is C19H19ClF3N3OS. The van der Waals surface area contributed by atoms with Crippen LogP contribution in [0, 0.1) is 6.92 Å². The summed E-state index contributed by atoms with van der Waals surface area (Å²) in [4.78, 5) is 20.9. The Labute approximate surface area is 170 Å². The number of halogens is 4. The summed E-state index contributed by atoms with van der Waals surface area (Å²) in [5.41, 5.74) is 0.297. The van der Waals surface area contributed by atoms with Crippen LogP contribution in [0.25, 0.3) is 0 Å². The van der Waals surface area contributed by atoms with Crippen molar-refractivity contribution in [1.82, 2.24) is 9.88 Å². The summed E-state index contributed by atoms with van der Waals surface area (Å²) in [6, 6.07) is 8.88. The van der Waals surface area contributed by atoms with E-state index in [0.717, 1.165) is 17.2 Å². The highest BCUT2D eigenvalue weighted by Crippen LogP contribution is 2.33. The quantitative estimate of drug-likeness (QED) is 0.670. The van der Waals surface area contributed by atoms with E-state index in [2.05, 4.69) is 4.98 Å². The molecule has 1 amide bonds. The van der Waals surface area contributed by atoms with Crippen LogP contribution in [0.5, 0.6) is 0 Å². The fourth-order valence-electron chi connectivity index (χ4n) is 2.86. The molecule has 3 rings (SSSR count). The van der Waals surface area contributed by atoms with Gasteiger partial charge in [0.05, 0.1) is 16.3 Å². The number of alkyl halides is 3. The van der Waals surface area contributed by atoms with Crippen LogP contribution in [0.2, 0.25) is 5.02 Å². The Morgan fingerprint density at radius 2 is 1.82 bits per heavy atom. The first-order chi connectivity index (χ1) is 13.2. The maximum absolute atomic E-state index is 12.7. The predicted molar refractivity (Wildman–Crippen MR) is 105 cm³/mol. The van der Waals surface area contributed by atoms with E-state index in [1.54, 1.807) is 9.80 Å². The average Bonchev–Trinajstić information content (AvgIpc) is 2.67. The van der Waals surface area contributed by atoms with Gasteiger partial charge < -0.3 is 9.80 Å². The summed E-state index contributed by atoms with van der Waals surface area (Å²) in [5.74, 6) is 0.704. The minimum Gasteiger partial charge on any atom is -0.352 e. The lowest BCUT2D eigenvalue weighted by molar-refractivity contribution is -0.137. The minimum atomic E-state index is -4.48. The third-order valence-electron chi connectivity index (χ3n) is 4.46. The van der Waals surface area contributed by atoms with Gasteiger partial charge in [-0.05, 0) is 25.1 Å². The van der Waals surface area contributed by atoms with Crippen molar-refractivity contribution in [3.63, 3.8) is 0 Å². The van der Waals surface area contributed by atoms with E-state index in [9.17, 15) is 18.0 Å². The first kappa shape index (κ1) is 20.8. The monoisotopic (exact) mass is 429 g/mol. The normalized spacial score (nSPS) is 15.0. The van der Waals surface area contributed by atoms with Gasteiger partial charge in [-0.25, -0.2) is 4.98 Å². The van der Waals surface area contributed by atoms with Gasteiger partial charge in [-0.2, -0.15) is 13.2 Å². The molecule has 28 heavy (non-hydrogen) atoms. The number of hydrogen-bond acceptors (Lipinski definition) is 4. The van der Waals surface area contributed by atoms with E-state index in [4.69, 9.17) is 11.6 Å².